The Balaban J connectivity index is 3.31. The van der Waals surface area contributed by atoms with Gasteiger partial charge in [0.2, 0.25) is 0 Å². The van der Waals surface area contributed by atoms with Crippen molar-refractivity contribution in [3.8, 4) is 6.07 Å². The average molecular weight is 226 g/mol. The number of aliphatic imine (C=N–C) groups is 1. The molecule has 0 aliphatic heterocycles. The highest BCUT2D eigenvalue weighted by Crippen LogP contribution is 2.11. The van der Waals surface area contributed by atoms with Gasteiger partial charge in [0, 0.05) is 11.8 Å². The van der Waals surface area contributed by atoms with Crippen molar-refractivity contribution in [1.82, 2.24) is 0 Å². The molecule has 0 atom stereocenters. The molecule has 0 amide bonds. The van der Waals surface area contributed by atoms with Gasteiger partial charge in [0.1, 0.15) is 11.9 Å². The van der Waals surface area contributed by atoms with Crippen molar-refractivity contribution in [2.45, 2.75) is 6.92 Å². The van der Waals surface area contributed by atoms with Crippen LogP contribution in [0, 0.1) is 18.3 Å². The van der Waals surface area contributed by atoms with E-state index in [9.17, 15) is 0 Å². The Labute approximate surface area is 101 Å². The lowest BCUT2D eigenvalue weighted by molar-refractivity contribution is 1.25. The third-order valence-corrected chi connectivity index (χ3v) is 2.12. The molecule has 86 valence electrons. The van der Waals surface area contributed by atoms with Crippen LogP contribution >= 0.6 is 0 Å². The van der Waals surface area contributed by atoms with Crippen LogP contribution in [0.5, 0.6) is 0 Å². The van der Waals surface area contributed by atoms with E-state index in [4.69, 9.17) is 16.7 Å². The van der Waals surface area contributed by atoms with E-state index in [-0.39, 0.29) is 11.4 Å². The zero-order valence-corrected chi connectivity index (χ0v) is 9.64. The minimum atomic E-state index is 0.134. The molecule has 0 radical (unpaired) electrons. The van der Waals surface area contributed by atoms with Crippen molar-refractivity contribution in [2.24, 2.45) is 16.5 Å². The van der Waals surface area contributed by atoms with E-state index in [1.54, 1.807) is 0 Å². The van der Waals surface area contributed by atoms with Crippen molar-refractivity contribution in [3.63, 3.8) is 0 Å². The molecule has 0 fully saturated rings. The van der Waals surface area contributed by atoms with Crippen molar-refractivity contribution < 1.29 is 0 Å². The minimum absolute atomic E-state index is 0.134. The van der Waals surface area contributed by atoms with Gasteiger partial charge in [0.05, 0.1) is 11.3 Å². The molecule has 1 rings (SSSR count). The van der Waals surface area contributed by atoms with Gasteiger partial charge in [-0.05, 0) is 6.92 Å². The van der Waals surface area contributed by atoms with E-state index < -0.39 is 0 Å². The second-order valence-corrected chi connectivity index (χ2v) is 3.51. The van der Waals surface area contributed by atoms with Gasteiger partial charge < -0.3 is 11.5 Å². The fraction of sp³-hybridized carbons (Fsp3) is 0.0769. The molecule has 4 N–H and O–H groups in total. The molecular weight excluding hydrogens is 212 g/mol. The maximum Gasteiger partial charge on any atom is 0.116 e. The summed E-state index contributed by atoms with van der Waals surface area (Å²) in [6.07, 6.45) is 1.21. The second kappa shape index (κ2) is 5.52. The molecule has 0 saturated heterocycles. The van der Waals surface area contributed by atoms with Crippen molar-refractivity contribution in [2.75, 3.05) is 0 Å². The molecule has 1 aromatic rings. The molecule has 17 heavy (non-hydrogen) atoms. The number of allylic oxidation sites excluding steroid dienone is 1. The van der Waals surface area contributed by atoms with Crippen LogP contribution in [0.25, 0.3) is 0 Å². The highest BCUT2D eigenvalue weighted by molar-refractivity contribution is 6.15. The Hall–Kier alpha value is -2.54. The lowest BCUT2D eigenvalue weighted by atomic mass is 10.0. The molecule has 0 heterocycles. The Bertz CT molecular complexity index is 515. The zero-order valence-electron chi connectivity index (χ0n) is 9.64. The molecule has 0 bridgehead atoms. The predicted octanol–water partition coefficient (Wildman–Crippen LogP) is 1.58. The molecule has 4 heteroatoms. The molecule has 0 saturated carbocycles. The van der Waals surface area contributed by atoms with Gasteiger partial charge in [-0.2, -0.15) is 5.26 Å². The fourth-order valence-corrected chi connectivity index (χ4v) is 1.30. The SMILES string of the molecule is C=C(N)/N=C(\C(C#N)=C/N)c1ccc(C)cc1. The first-order chi connectivity index (χ1) is 8.08. The highest BCUT2D eigenvalue weighted by atomic mass is 14.9. The Morgan fingerprint density at radius 2 is 2.00 bits per heavy atom. The van der Waals surface area contributed by atoms with Crippen LogP contribution in [0.1, 0.15) is 11.1 Å². The van der Waals surface area contributed by atoms with E-state index in [1.807, 2.05) is 37.3 Å². The van der Waals surface area contributed by atoms with Gasteiger partial charge in [-0.1, -0.05) is 36.4 Å². The van der Waals surface area contributed by atoms with Crippen molar-refractivity contribution in [3.05, 3.63) is 59.6 Å². The average Bonchev–Trinajstić information content (AvgIpc) is 2.30. The first-order valence-electron chi connectivity index (χ1n) is 5.01. The smallest absolute Gasteiger partial charge is 0.116 e. The summed E-state index contributed by atoms with van der Waals surface area (Å²) in [5.74, 6) is 0.134. The summed E-state index contributed by atoms with van der Waals surface area (Å²) in [6, 6.07) is 9.55. The molecule has 4 nitrogen and oxygen atoms in total. The summed E-state index contributed by atoms with van der Waals surface area (Å²) in [7, 11) is 0. The van der Waals surface area contributed by atoms with Crippen LogP contribution in [0.4, 0.5) is 0 Å². The van der Waals surface area contributed by atoms with E-state index >= 15 is 0 Å². The molecule has 0 unspecified atom stereocenters. The molecule has 0 aromatic heterocycles. The third-order valence-electron chi connectivity index (χ3n) is 2.12. The summed E-state index contributed by atoms with van der Waals surface area (Å²) in [5, 5.41) is 8.98. The van der Waals surface area contributed by atoms with Crippen LogP contribution in [-0.2, 0) is 0 Å². The number of hydrogen-bond donors (Lipinski definition) is 2. The maximum absolute atomic E-state index is 8.98. The maximum atomic E-state index is 8.98. The van der Waals surface area contributed by atoms with Crippen LogP contribution in [0.15, 0.2) is 53.4 Å². The van der Waals surface area contributed by atoms with E-state index in [2.05, 4.69) is 11.6 Å². The molecule has 0 aliphatic carbocycles. The van der Waals surface area contributed by atoms with E-state index in [1.165, 1.54) is 6.20 Å². The summed E-state index contributed by atoms with van der Waals surface area (Å²) < 4.78 is 0. The number of nitriles is 1. The Morgan fingerprint density at radius 1 is 1.41 bits per heavy atom. The zero-order chi connectivity index (χ0) is 12.8. The molecule has 0 spiro atoms. The largest absolute Gasteiger partial charge is 0.403 e. The fourth-order valence-electron chi connectivity index (χ4n) is 1.30. The van der Waals surface area contributed by atoms with Gasteiger partial charge in [-0.3, -0.25) is 0 Å². The topological polar surface area (TPSA) is 88.2 Å². The number of hydrogen-bond acceptors (Lipinski definition) is 4. The number of nitrogens with zero attached hydrogens (tertiary/aromatic N) is 2. The number of rotatable bonds is 3. The Kier molecular flexibility index (Phi) is 4.07. The highest BCUT2D eigenvalue weighted by Gasteiger charge is 2.09. The summed E-state index contributed by atoms with van der Waals surface area (Å²) in [4.78, 5) is 4.05. The van der Waals surface area contributed by atoms with Crippen molar-refractivity contribution in [1.29, 1.82) is 5.26 Å². The van der Waals surface area contributed by atoms with Gasteiger partial charge in [-0.15, -0.1) is 0 Å². The molecular formula is C13H14N4. The number of nitrogens with two attached hydrogens (primary N) is 2. The molecule has 0 aliphatic rings. The van der Waals surface area contributed by atoms with Gasteiger partial charge in [0.25, 0.3) is 0 Å². The van der Waals surface area contributed by atoms with Crippen LogP contribution < -0.4 is 11.5 Å². The lowest BCUT2D eigenvalue weighted by Gasteiger charge is -2.05. The van der Waals surface area contributed by atoms with Gasteiger partial charge >= 0.3 is 0 Å². The van der Waals surface area contributed by atoms with Crippen LogP contribution in [0.3, 0.4) is 0 Å². The normalized spacial score (nSPS) is 12.0. The molecule has 1 aromatic carbocycles. The summed E-state index contributed by atoms with van der Waals surface area (Å²) in [5.41, 5.74) is 13.4. The first-order valence-corrected chi connectivity index (χ1v) is 5.01. The predicted molar refractivity (Wildman–Crippen MR) is 68.9 cm³/mol. The van der Waals surface area contributed by atoms with Crippen LogP contribution in [0.2, 0.25) is 0 Å². The van der Waals surface area contributed by atoms with E-state index in [0.29, 0.717) is 5.71 Å². The lowest BCUT2D eigenvalue weighted by Crippen LogP contribution is -2.08. The summed E-state index contributed by atoms with van der Waals surface area (Å²) in [6.45, 7) is 5.48. The number of aryl methyl sites for hydroxylation is 1. The van der Waals surface area contributed by atoms with E-state index in [0.717, 1.165) is 11.1 Å². The van der Waals surface area contributed by atoms with Gasteiger partial charge in [0.15, 0.2) is 0 Å². The Morgan fingerprint density at radius 3 is 2.41 bits per heavy atom. The second-order valence-electron chi connectivity index (χ2n) is 3.51. The van der Waals surface area contributed by atoms with Gasteiger partial charge in [-0.25, -0.2) is 4.99 Å². The quantitative estimate of drug-likeness (QED) is 0.605. The third kappa shape index (κ3) is 3.21. The minimum Gasteiger partial charge on any atom is -0.403 e. The summed E-state index contributed by atoms with van der Waals surface area (Å²) >= 11 is 0. The monoisotopic (exact) mass is 226 g/mol. The van der Waals surface area contributed by atoms with Crippen LogP contribution in [-0.4, -0.2) is 5.71 Å². The number of benzene rings is 1. The first kappa shape index (κ1) is 12.5. The van der Waals surface area contributed by atoms with Crippen molar-refractivity contribution >= 4 is 5.71 Å². The standard InChI is InChI=1S/C13H14N4/c1-9-3-5-11(6-4-9)13(17-10(2)16)12(7-14)8-15/h3-7H,2,14,16H2,1H3/b12-7-,17-13-.